The normalized spacial score (nSPS) is 26.9. The first-order valence-electron chi connectivity index (χ1n) is 9.78. The monoisotopic (exact) mass is 369 g/mol. The third-order valence-electron chi connectivity index (χ3n) is 5.88. The summed E-state index contributed by atoms with van der Waals surface area (Å²) < 4.78 is 1.88. The van der Waals surface area contributed by atoms with Gasteiger partial charge in [-0.05, 0) is 30.9 Å². The van der Waals surface area contributed by atoms with Gasteiger partial charge in [-0.1, -0.05) is 35.5 Å². The molecule has 144 valence electrons. The molecule has 1 amide bonds. The van der Waals surface area contributed by atoms with E-state index in [1.165, 1.54) is 0 Å². The van der Waals surface area contributed by atoms with Crippen molar-refractivity contribution in [3.63, 3.8) is 0 Å². The van der Waals surface area contributed by atoms with Gasteiger partial charge in [0.25, 0.3) is 0 Å². The van der Waals surface area contributed by atoms with Crippen molar-refractivity contribution in [1.82, 2.24) is 25.2 Å². The molecule has 4 atom stereocenters. The lowest BCUT2D eigenvalue weighted by atomic mass is 9.75. The zero-order valence-electron chi connectivity index (χ0n) is 15.5. The van der Waals surface area contributed by atoms with Crippen LogP contribution in [0, 0.1) is 11.8 Å². The second-order valence-corrected chi connectivity index (χ2v) is 7.65. The molecule has 3 saturated heterocycles. The quantitative estimate of drug-likeness (QED) is 0.756. The highest BCUT2D eigenvalue weighted by molar-refractivity contribution is 5.79. The average Bonchev–Trinajstić information content (AvgIpc) is 3.14. The largest absolute Gasteiger partial charge is 0.396 e. The lowest BCUT2D eigenvalue weighted by molar-refractivity contribution is -0.133. The molecule has 5 rings (SSSR count). The van der Waals surface area contributed by atoms with Gasteiger partial charge < -0.3 is 10.4 Å². The van der Waals surface area contributed by atoms with Gasteiger partial charge in [0.2, 0.25) is 5.91 Å². The van der Waals surface area contributed by atoms with Crippen LogP contribution in [-0.2, 0) is 24.3 Å². The maximum Gasteiger partial charge on any atom is 0.224 e. The van der Waals surface area contributed by atoms with Crippen molar-refractivity contribution in [3.8, 4) is 0 Å². The van der Waals surface area contributed by atoms with Crippen LogP contribution >= 0.6 is 0 Å². The number of nitrogens with zero attached hydrogens (tertiary/aromatic N) is 4. The van der Waals surface area contributed by atoms with Gasteiger partial charge in [0.05, 0.1) is 18.2 Å². The molecule has 3 aliphatic heterocycles. The number of piperidine rings is 3. The molecule has 7 heteroatoms. The van der Waals surface area contributed by atoms with Gasteiger partial charge in [-0.2, -0.15) is 0 Å². The van der Waals surface area contributed by atoms with Gasteiger partial charge >= 0.3 is 0 Å². The molecule has 3 aliphatic rings. The van der Waals surface area contributed by atoms with E-state index < -0.39 is 0 Å². The zero-order valence-corrected chi connectivity index (χ0v) is 15.5. The van der Waals surface area contributed by atoms with Crippen LogP contribution in [0.4, 0.5) is 0 Å². The SMILES string of the molecule is O=C(NCc1ccccc1)[C@H]1CN2CC[C@@H]1C[C@@H]2Cn1cc(CCO)nn1. The van der Waals surface area contributed by atoms with E-state index in [1.54, 1.807) is 0 Å². The number of rotatable bonds is 7. The number of benzene rings is 1. The van der Waals surface area contributed by atoms with Crippen molar-refractivity contribution < 1.29 is 9.90 Å². The Kier molecular flexibility index (Phi) is 5.50. The number of fused-ring (bicyclic) bond motifs is 3. The van der Waals surface area contributed by atoms with Gasteiger partial charge in [-0.3, -0.25) is 14.4 Å². The Morgan fingerprint density at radius 2 is 2.15 bits per heavy atom. The number of amides is 1. The highest BCUT2D eigenvalue weighted by Gasteiger charge is 2.43. The summed E-state index contributed by atoms with van der Waals surface area (Å²) in [7, 11) is 0. The molecule has 2 aromatic rings. The summed E-state index contributed by atoms with van der Waals surface area (Å²) in [5, 5.41) is 20.4. The number of nitrogens with one attached hydrogen (secondary N) is 1. The van der Waals surface area contributed by atoms with Crippen LogP contribution in [0.25, 0.3) is 0 Å². The molecule has 0 aliphatic carbocycles. The highest BCUT2D eigenvalue weighted by atomic mass is 16.3. The Hall–Kier alpha value is -2.25. The first kappa shape index (κ1) is 18.1. The predicted molar refractivity (Wildman–Crippen MR) is 101 cm³/mol. The minimum Gasteiger partial charge on any atom is -0.396 e. The first-order valence-corrected chi connectivity index (χ1v) is 9.78. The third-order valence-corrected chi connectivity index (χ3v) is 5.88. The van der Waals surface area contributed by atoms with E-state index in [0.717, 1.165) is 43.7 Å². The summed E-state index contributed by atoms with van der Waals surface area (Å²) in [6, 6.07) is 10.5. The second kappa shape index (κ2) is 8.19. The Balaban J connectivity index is 1.32. The lowest BCUT2D eigenvalue weighted by Gasteiger charge is -2.49. The molecule has 1 unspecified atom stereocenters. The predicted octanol–water partition coefficient (Wildman–Crippen LogP) is 0.840. The molecule has 0 saturated carbocycles. The molecule has 2 bridgehead atoms. The molecule has 27 heavy (non-hydrogen) atoms. The van der Waals surface area contributed by atoms with Gasteiger partial charge in [-0.25, -0.2) is 0 Å². The summed E-state index contributed by atoms with van der Waals surface area (Å²) in [6.07, 6.45) is 4.58. The van der Waals surface area contributed by atoms with Crippen LogP contribution in [0.3, 0.4) is 0 Å². The van der Waals surface area contributed by atoms with E-state index in [-0.39, 0.29) is 18.4 Å². The molecule has 7 nitrogen and oxygen atoms in total. The molecule has 4 heterocycles. The molecular formula is C20H27N5O2. The van der Waals surface area contributed by atoms with Crippen LogP contribution in [-0.4, -0.2) is 56.6 Å². The topological polar surface area (TPSA) is 83.3 Å². The lowest BCUT2D eigenvalue weighted by Crippen LogP contribution is -2.58. The van der Waals surface area contributed by atoms with E-state index >= 15 is 0 Å². The molecule has 0 spiro atoms. The Morgan fingerprint density at radius 1 is 1.30 bits per heavy atom. The van der Waals surface area contributed by atoms with E-state index in [1.807, 2.05) is 41.2 Å². The smallest absolute Gasteiger partial charge is 0.224 e. The van der Waals surface area contributed by atoms with Crippen LogP contribution in [0.2, 0.25) is 0 Å². The van der Waals surface area contributed by atoms with Gasteiger partial charge in [0, 0.05) is 38.4 Å². The fraction of sp³-hybridized carbons (Fsp3) is 0.550. The molecule has 2 N–H and O–H groups in total. The number of carbonyl (C=O) groups excluding carboxylic acids is 1. The summed E-state index contributed by atoms with van der Waals surface area (Å²) in [4.78, 5) is 15.1. The standard InChI is InChI=1S/C20H27N5O2/c26-9-7-17-12-25(23-22-17)13-18-10-16-6-8-24(18)14-19(16)20(27)21-11-15-4-2-1-3-5-15/h1-5,12,16,18-19,26H,6-11,13-14H2,(H,21,27)/t16-,18-,19+/m1/s1. The van der Waals surface area contributed by atoms with Gasteiger partial charge in [-0.15, -0.1) is 5.10 Å². The average molecular weight is 369 g/mol. The molecule has 3 fully saturated rings. The van der Waals surface area contributed by atoms with Gasteiger partial charge in [0.15, 0.2) is 0 Å². The number of aliphatic hydroxyl groups is 1. The van der Waals surface area contributed by atoms with Crippen molar-refractivity contribution in [2.45, 2.75) is 38.4 Å². The molecular weight excluding hydrogens is 342 g/mol. The number of carbonyl (C=O) groups is 1. The number of hydrogen-bond donors (Lipinski definition) is 2. The summed E-state index contributed by atoms with van der Waals surface area (Å²) in [6.45, 7) is 3.37. The fourth-order valence-electron chi connectivity index (χ4n) is 4.41. The first-order chi connectivity index (χ1) is 13.2. The van der Waals surface area contributed by atoms with Crippen molar-refractivity contribution in [2.75, 3.05) is 19.7 Å². The van der Waals surface area contributed by atoms with E-state index in [4.69, 9.17) is 5.11 Å². The van der Waals surface area contributed by atoms with Crippen LogP contribution in [0.5, 0.6) is 0 Å². The van der Waals surface area contributed by atoms with E-state index in [9.17, 15) is 4.79 Å². The van der Waals surface area contributed by atoms with E-state index in [2.05, 4.69) is 20.5 Å². The van der Waals surface area contributed by atoms with E-state index in [0.29, 0.717) is 24.9 Å². The third kappa shape index (κ3) is 4.20. The Morgan fingerprint density at radius 3 is 2.89 bits per heavy atom. The number of aliphatic hydroxyl groups excluding tert-OH is 1. The minimum absolute atomic E-state index is 0.0828. The second-order valence-electron chi connectivity index (χ2n) is 7.65. The van der Waals surface area contributed by atoms with Crippen molar-refractivity contribution in [3.05, 3.63) is 47.8 Å². The van der Waals surface area contributed by atoms with Gasteiger partial charge in [0.1, 0.15) is 0 Å². The highest BCUT2D eigenvalue weighted by Crippen LogP contribution is 2.36. The van der Waals surface area contributed by atoms with Crippen LogP contribution in [0.1, 0.15) is 24.1 Å². The fourth-order valence-corrected chi connectivity index (χ4v) is 4.41. The Bertz CT molecular complexity index is 763. The van der Waals surface area contributed by atoms with Crippen LogP contribution in [0.15, 0.2) is 36.5 Å². The maximum absolute atomic E-state index is 12.7. The van der Waals surface area contributed by atoms with Crippen molar-refractivity contribution >= 4 is 5.91 Å². The summed E-state index contributed by atoms with van der Waals surface area (Å²) in [5.74, 6) is 0.702. The molecule has 1 aromatic carbocycles. The number of aromatic nitrogens is 3. The van der Waals surface area contributed by atoms with Crippen molar-refractivity contribution in [2.24, 2.45) is 11.8 Å². The minimum atomic E-state index is 0.0828. The maximum atomic E-state index is 12.7. The zero-order chi connectivity index (χ0) is 18.6. The Labute approximate surface area is 159 Å². The summed E-state index contributed by atoms with van der Waals surface area (Å²) in [5.41, 5.74) is 1.96. The summed E-state index contributed by atoms with van der Waals surface area (Å²) >= 11 is 0. The van der Waals surface area contributed by atoms with Crippen LogP contribution < -0.4 is 5.32 Å². The molecule has 0 radical (unpaired) electrons. The van der Waals surface area contributed by atoms with Crippen molar-refractivity contribution in [1.29, 1.82) is 0 Å². The molecule has 1 aromatic heterocycles. The number of hydrogen-bond acceptors (Lipinski definition) is 5.